The molecule has 2 heteroatoms. The van der Waals surface area contributed by atoms with E-state index >= 15 is 0 Å². The van der Waals surface area contributed by atoms with Crippen molar-refractivity contribution in [2.24, 2.45) is 11.3 Å². The Morgan fingerprint density at radius 2 is 2.07 bits per heavy atom. The molecule has 86 valence electrons. The molecule has 0 bridgehead atoms. The maximum absolute atomic E-state index is 6.38. The number of rotatable bonds is 4. The summed E-state index contributed by atoms with van der Waals surface area (Å²) < 4.78 is 0. The average molecular weight is 245 g/mol. The number of hydrogen-bond donors (Lipinski definition) is 0. The molecule has 0 nitrogen and oxygen atoms in total. The Kier molecular flexibility index (Phi) is 4.66. The Hall–Kier alpha value is -0.0100. The quantitative estimate of drug-likeness (QED) is 0.656. The number of alkyl halides is 1. The molecule has 0 aliphatic heterocycles. The third kappa shape index (κ3) is 4.56. The van der Waals surface area contributed by atoms with Gasteiger partial charge in [-0.15, -0.1) is 22.9 Å². The summed E-state index contributed by atoms with van der Waals surface area (Å²) in [7, 11) is 0. The predicted octanol–water partition coefficient (Wildman–Crippen LogP) is 4.97. The lowest BCUT2D eigenvalue weighted by molar-refractivity contribution is 0.244. The molecule has 0 aliphatic carbocycles. The van der Waals surface area contributed by atoms with Crippen LogP contribution in [0.15, 0.2) is 17.5 Å². The lowest BCUT2D eigenvalue weighted by Crippen LogP contribution is -2.21. The highest BCUT2D eigenvalue weighted by Crippen LogP contribution is 2.31. The normalized spacial score (nSPS) is 16.3. The first-order chi connectivity index (χ1) is 6.89. The molecule has 0 amide bonds. The molecule has 0 spiro atoms. The van der Waals surface area contributed by atoms with Gasteiger partial charge < -0.3 is 0 Å². The second-order valence-electron chi connectivity index (χ2n) is 5.38. The van der Waals surface area contributed by atoms with E-state index in [1.165, 1.54) is 4.88 Å². The fraction of sp³-hybridized carbons (Fsp3) is 0.692. The van der Waals surface area contributed by atoms with Crippen LogP contribution in [-0.4, -0.2) is 5.38 Å². The average Bonchev–Trinajstić information content (AvgIpc) is 2.54. The van der Waals surface area contributed by atoms with E-state index in [1.807, 2.05) is 0 Å². The van der Waals surface area contributed by atoms with Crippen molar-refractivity contribution in [1.29, 1.82) is 0 Å². The number of thiophene rings is 1. The SMILES string of the molecule is CC(CC(Cl)Cc1cccs1)C(C)(C)C. The summed E-state index contributed by atoms with van der Waals surface area (Å²) in [5.41, 5.74) is 0.364. The van der Waals surface area contributed by atoms with Crippen molar-refractivity contribution in [1.82, 2.24) is 0 Å². The third-order valence-electron chi connectivity index (χ3n) is 3.09. The summed E-state index contributed by atoms with van der Waals surface area (Å²) in [6.45, 7) is 9.15. The Balaban J connectivity index is 2.39. The molecular weight excluding hydrogens is 224 g/mol. The Bertz CT molecular complexity index is 271. The summed E-state index contributed by atoms with van der Waals surface area (Å²) in [6, 6.07) is 4.26. The van der Waals surface area contributed by atoms with Gasteiger partial charge in [-0.2, -0.15) is 0 Å². The largest absolute Gasteiger partial charge is 0.149 e. The fourth-order valence-electron chi connectivity index (χ4n) is 1.47. The molecule has 1 aromatic rings. The predicted molar refractivity (Wildman–Crippen MR) is 70.9 cm³/mol. The lowest BCUT2D eigenvalue weighted by atomic mass is 9.79. The second kappa shape index (κ2) is 5.36. The van der Waals surface area contributed by atoms with E-state index < -0.39 is 0 Å². The molecule has 0 saturated carbocycles. The monoisotopic (exact) mass is 244 g/mol. The van der Waals surface area contributed by atoms with Crippen molar-refractivity contribution < 1.29 is 0 Å². The van der Waals surface area contributed by atoms with Gasteiger partial charge in [-0.05, 0) is 35.6 Å². The van der Waals surface area contributed by atoms with Gasteiger partial charge in [0.1, 0.15) is 0 Å². The van der Waals surface area contributed by atoms with Gasteiger partial charge in [-0.25, -0.2) is 0 Å². The van der Waals surface area contributed by atoms with Crippen LogP contribution >= 0.6 is 22.9 Å². The maximum Gasteiger partial charge on any atom is 0.0387 e. The van der Waals surface area contributed by atoms with Crippen molar-refractivity contribution in [3.05, 3.63) is 22.4 Å². The zero-order chi connectivity index (χ0) is 11.5. The molecule has 0 fully saturated rings. The molecule has 1 rings (SSSR count). The van der Waals surface area contributed by atoms with Crippen LogP contribution in [0.5, 0.6) is 0 Å². The molecule has 0 N–H and O–H groups in total. The molecule has 15 heavy (non-hydrogen) atoms. The highest BCUT2D eigenvalue weighted by atomic mass is 35.5. The molecule has 0 saturated heterocycles. The first-order valence-electron chi connectivity index (χ1n) is 5.56. The lowest BCUT2D eigenvalue weighted by Gasteiger charge is -2.28. The summed E-state index contributed by atoms with van der Waals surface area (Å²) >= 11 is 8.18. The van der Waals surface area contributed by atoms with E-state index in [1.54, 1.807) is 11.3 Å². The maximum atomic E-state index is 6.38. The zero-order valence-corrected chi connectivity index (χ0v) is 11.7. The molecule has 0 aromatic carbocycles. The summed E-state index contributed by atoms with van der Waals surface area (Å²) in [5.74, 6) is 0.667. The minimum atomic E-state index is 0.276. The summed E-state index contributed by atoms with van der Waals surface area (Å²) in [4.78, 5) is 1.40. The minimum absolute atomic E-state index is 0.276. The molecule has 0 aliphatic rings. The van der Waals surface area contributed by atoms with Crippen LogP contribution in [0.25, 0.3) is 0 Å². The zero-order valence-electron chi connectivity index (χ0n) is 10.1. The summed E-state index contributed by atoms with van der Waals surface area (Å²) in [5, 5.41) is 2.39. The van der Waals surface area contributed by atoms with Gasteiger partial charge in [0.05, 0.1) is 0 Å². The molecule has 2 atom stereocenters. The Morgan fingerprint density at radius 3 is 2.53 bits per heavy atom. The highest BCUT2D eigenvalue weighted by molar-refractivity contribution is 7.09. The smallest absolute Gasteiger partial charge is 0.0387 e. The van der Waals surface area contributed by atoms with E-state index in [9.17, 15) is 0 Å². The summed E-state index contributed by atoms with van der Waals surface area (Å²) in [6.07, 6.45) is 2.11. The number of halogens is 1. The van der Waals surface area contributed by atoms with E-state index in [2.05, 4.69) is 45.2 Å². The van der Waals surface area contributed by atoms with Crippen LogP contribution in [0.4, 0.5) is 0 Å². The van der Waals surface area contributed by atoms with Crippen LogP contribution in [0.2, 0.25) is 0 Å². The van der Waals surface area contributed by atoms with Crippen molar-refractivity contribution >= 4 is 22.9 Å². The number of hydrogen-bond acceptors (Lipinski definition) is 1. The minimum Gasteiger partial charge on any atom is -0.149 e. The fourth-order valence-corrected chi connectivity index (χ4v) is 2.78. The van der Waals surface area contributed by atoms with E-state index in [-0.39, 0.29) is 5.38 Å². The van der Waals surface area contributed by atoms with Crippen molar-refractivity contribution in [3.63, 3.8) is 0 Å². The van der Waals surface area contributed by atoms with Gasteiger partial charge in [-0.3, -0.25) is 0 Å². The highest BCUT2D eigenvalue weighted by Gasteiger charge is 2.22. The molecular formula is C13H21ClS. The van der Waals surface area contributed by atoms with E-state index in [0.29, 0.717) is 11.3 Å². The van der Waals surface area contributed by atoms with Gasteiger partial charge in [-0.1, -0.05) is 33.8 Å². The molecule has 0 radical (unpaired) electrons. The van der Waals surface area contributed by atoms with Crippen LogP contribution in [0.1, 0.15) is 39.0 Å². The molecule has 2 unspecified atom stereocenters. The topological polar surface area (TPSA) is 0 Å². The van der Waals surface area contributed by atoms with Crippen LogP contribution in [0, 0.1) is 11.3 Å². The van der Waals surface area contributed by atoms with Gasteiger partial charge in [0.15, 0.2) is 0 Å². The standard InChI is InChI=1S/C13H21ClS/c1-10(13(2,3)4)8-11(14)9-12-6-5-7-15-12/h5-7,10-11H,8-9H2,1-4H3. The molecule has 1 aromatic heterocycles. The second-order valence-corrected chi connectivity index (χ2v) is 7.03. The first-order valence-corrected chi connectivity index (χ1v) is 6.87. The van der Waals surface area contributed by atoms with Crippen LogP contribution in [0.3, 0.4) is 0 Å². The van der Waals surface area contributed by atoms with Crippen molar-refractivity contribution in [3.8, 4) is 0 Å². The van der Waals surface area contributed by atoms with Crippen LogP contribution in [-0.2, 0) is 6.42 Å². The Labute approximate surface area is 103 Å². The van der Waals surface area contributed by atoms with Gasteiger partial charge in [0.25, 0.3) is 0 Å². The van der Waals surface area contributed by atoms with E-state index in [4.69, 9.17) is 11.6 Å². The van der Waals surface area contributed by atoms with Crippen LogP contribution < -0.4 is 0 Å². The van der Waals surface area contributed by atoms with Gasteiger partial charge >= 0.3 is 0 Å². The Morgan fingerprint density at radius 1 is 1.40 bits per heavy atom. The first kappa shape index (κ1) is 13.1. The van der Waals surface area contributed by atoms with Crippen molar-refractivity contribution in [2.75, 3.05) is 0 Å². The molecule has 1 heterocycles. The van der Waals surface area contributed by atoms with Gasteiger partial charge in [0.2, 0.25) is 0 Å². The van der Waals surface area contributed by atoms with E-state index in [0.717, 1.165) is 12.8 Å². The van der Waals surface area contributed by atoms with Crippen molar-refractivity contribution in [2.45, 2.75) is 45.9 Å². The third-order valence-corrected chi connectivity index (χ3v) is 4.32. The van der Waals surface area contributed by atoms with Gasteiger partial charge in [0, 0.05) is 10.3 Å².